The molecule has 10 heteroatoms. The average molecular weight is 439 g/mol. The highest BCUT2D eigenvalue weighted by Gasteiger charge is 2.30. The molecule has 0 spiro atoms. The number of benzene rings is 1. The summed E-state index contributed by atoms with van der Waals surface area (Å²) in [7, 11) is 1.57. The Morgan fingerprint density at radius 1 is 1.30 bits per heavy atom. The smallest absolute Gasteiger partial charge is 0.259 e. The lowest BCUT2D eigenvalue weighted by atomic mass is 10.0. The summed E-state index contributed by atoms with van der Waals surface area (Å²) in [6.07, 6.45) is 0. The van der Waals surface area contributed by atoms with Gasteiger partial charge in [-0.2, -0.15) is 0 Å². The van der Waals surface area contributed by atoms with Gasteiger partial charge in [0.2, 0.25) is 5.91 Å². The van der Waals surface area contributed by atoms with Gasteiger partial charge in [0, 0.05) is 39.8 Å². The van der Waals surface area contributed by atoms with Crippen LogP contribution < -0.4 is 5.32 Å². The van der Waals surface area contributed by atoms with Gasteiger partial charge < -0.3 is 19.5 Å². The predicted molar refractivity (Wildman–Crippen MR) is 109 cm³/mol. The van der Waals surface area contributed by atoms with Crippen LogP contribution in [0.25, 0.3) is 11.3 Å². The second-order valence-corrected chi connectivity index (χ2v) is 7.38. The van der Waals surface area contributed by atoms with Crippen LogP contribution in [0.3, 0.4) is 0 Å². The maximum atomic E-state index is 14.4. The van der Waals surface area contributed by atoms with Crippen LogP contribution in [0.1, 0.15) is 16.1 Å². The summed E-state index contributed by atoms with van der Waals surface area (Å²) in [6.45, 7) is 4.74. The summed E-state index contributed by atoms with van der Waals surface area (Å²) < 4.78 is 24.5. The lowest BCUT2D eigenvalue weighted by Crippen LogP contribution is -2.51. The highest BCUT2D eigenvalue weighted by Crippen LogP contribution is 2.34. The minimum Gasteiger partial charge on any atom is -0.383 e. The van der Waals surface area contributed by atoms with E-state index >= 15 is 0 Å². The highest BCUT2D eigenvalue weighted by atomic mass is 35.5. The van der Waals surface area contributed by atoms with E-state index in [0.717, 1.165) is 0 Å². The van der Waals surface area contributed by atoms with E-state index in [1.807, 2.05) is 4.90 Å². The van der Waals surface area contributed by atoms with Crippen molar-refractivity contribution in [1.29, 1.82) is 0 Å². The van der Waals surface area contributed by atoms with Crippen LogP contribution >= 0.6 is 11.6 Å². The quantitative estimate of drug-likeness (QED) is 0.665. The largest absolute Gasteiger partial charge is 0.383 e. The maximum Gasteiger partial charge on any atom is 0.259 e. The number of aromatic nitrogens is 1. The van der Waals surface area contributed by atoms with Crippen molar-refractivity contribution in [3.05, 3.63) is 40.4 Å². The molecular formula is C20H24ClFN4O4. The summed E-state index contributed by atoms with van der Waals surface area (Å²) in [4.78, 5) is 28.7. The van der Waals surface area contributed by atoms with Gasteiger partial charge in [-0.3, -0.25) is 14.5 Å². The molecule has 0 atom stereocenters. The van der Waals surface area contributed by atoms with Gasteiger partial charge in [-0.05, 0) is 19.1 Å². The highest BCUT2D eigenvalue weighted by molar-refractivity contribution is 6.33. The average Bonchev–Trinajstić information content (AvgIpc) is 3.09. The van der Waals surface area contributed by atoms with Crippen molar-refractivity contribution in [1.82, 2.24) is 20.3 Å². The van der Waals surface area contributed by atoms with Crippen LogP contribution in [0.15, 0.2) is 22.7 Å². The van der Waals surface area contributed by atoms with Crippen LogP contribution in [-0.4, -0.2) is 79.8 Å². The third kappa shape index (κ3) is 4.97. The fourth-order valence-electron chi connectivity index (χ4n) is 3.34. The SMILES string of the molecule is COCCNC(=O)CN1CCN(C(=O)c2c(-c3c(F)cccc3Cl)noc2C)CC1. The molecule has 2 heterocycles. The van der Waals surface area contributed by atoms with E-state index in [1.54, 1.807) is 18.9 Å². The monoisotopic (exact) mass is 438 g/mol. The minimum absolute atomic E-state index is 0.0470. The molecule has 1 saturated heterocycles. The number of amides is 2. The van der Waals surface area contributed by atoms with Crippen LogP contribution in [0, 0.1) is 12.7 Å². The number of aryl methyl sites for hydroxylation is 1. The molecule has 3 rings (SSSR count). The number of nitrogens with one attached hydrogen (secondary N) is 1. The first kappa shape index (κ1) is 22.2. The Kier molecular flexibility index (Phi) is 7.41. The van der Waals surface area contributed by atoms with Crippen molar-refractivity contribution in [2.75, 3.05) is 53.0 Å². The number of ether oxygens (including phenoxy) is 1. The third-order valence-corrected chi connectivity index (χ3v) is 5.25. The fourth-order valence-corrected chi connectivity index (χ4v) is 3.59. The van der Waals surface area contributed by atoms with E-state index in [9.17, 15) is 14.0 Å². The van der Waals surface area contributed by atoms with E-state index in [2.05, 4.69) is 10.5 Å². The Morgan fingerprint density at radius 3 is 2.70 bits per heavy atom. The van der Waals surface area contributed by atoms with Gasteiger partial charge >= 0.3 is 0 Å². The van der Waals surface area contributed by atoms with Crippen LogP contribution in [0.2, 0.25) is 5.02 Å². The van der Waals surface area contributed by atoms with Gasteiger partial charge in [0.1, 0.15) is 22.8 Å². The molecule has 0 aliphatic carbocycles. The number of halogens is 2. The normalized spacial score (nSPS) is 14.7. The van der Waals surface area contributed by atoms with E-state index in [0.29, 0.717) is 45.1 Å². The topological polar surface area (TPSA) is 87.9 Å². The fraction of sp³-hybridized carbons (Fsp3) is 0.450. The van der Waals surface area contributed by atoms with Crippen LogP contribution in [-0.2, 0) is 9.53 Å². The lowest BCUT2D eigenvalue weighted by molar-refractivity contribution is -0.122. The maximum absolute atomic E-state index is 14.4. The number of carbonyl (C=O) groups excluding carboxylic acids is 2. The van der Waals surface area contributed by atoms with E-state index < -0.39 is 5.82 Å². The first-order chi connectivity index (χ1) is 14.4. The third-order valence-electron chi connectivity index (χ3n) is 4.93. The summed E-state index contributed by atoms with van der Waals surface area (Å²) in [5, 5.41) is 6.82. The molecular weight excluding hydrogens is 415 g/mol. The molecule has 1 N–H and O–H groups in total. The number of rotatable bonds is 7. The number of hydrogen-bond donors (Lipinski definition) is 1. The lowest BCUT2D eigenvalue weighted by Gasteiger charge is -2.34. The number of piperazine rings is 1. The zero-order valence-corrected chi connectivity index (χ0v) is 17.7. The van der Waals surface area contributed by atoms with Gasteiger partial charge in [-0.25, -0.2) is 4.39 Å². The molecule has 30 heavy (non-hydrogen) atoms. The predicted octanol–water partition coefficient (Wildman–Crippen LogP) is 1.96. The van der Waals surface area contributed by atoms with E-state index in [4.69, 9.17) is 20.9 Å². The van der Waals surface area contributed by atoms with E-state index in [1.165, 1.54) is 18.2 Å². The van der Waals surface area contributed by atoms with Crippen LogP contribution in [0.5, 0.6) is 0 Å². The van der Waals surface area contributed by atoms with Crippen molar-refractivity contribution < 1.29 is 23.2 Å². The molecule has 1 aromatic heterocycles. The van der Waals surface area contributed by atoms with Crippen molar-refractivity contribution in [2.24, 2.45) is 0 Å². The molecule has 0 radical (unpaired) electrons. The molecule has 162 valence electrons. The molecule has 1 aliphatic heterocycles. The van der Waals surface area contributed by atoms with Gasteiger partial charge in [-0.15, -0.1) is 0 Å². The summed E-state index contributed by atoms with van der Waals surface area (Å²) in [5.41, 5.74) is 0.346. The standard InChI is InChI=1S/C20H24ClFN4O4/c1-13-17(19(24-30-13)18-14(21)4-3-5-15(18)22)20(28)26-9-7-25(8-10-26)12-16(27)23-6-11-29-2/h3-5H,6-12H2,1-2H3,(H,23,27). The first-order valence-corrected chi connectivity index (χ1v) is 9.98. The van der Waals surface area contributed by atoms with Crippen molar-refractivity contribution in [3.63, 3.8) is 0 Å². The van der Waals surface area contributed by atoms with E-state index in [-0.39, 0.29) is 40.2 Å². The molecule has 8 nitrogen and oxygen atoms in total. The molecule has 0 bridgehead atoms. The Morgan fingerprint density at radius 2 is 2.03 bits per heavy atom. The van der Waals surface area contributed by atoms with Gasteiger partial charge in [0.15, 0.2) is 0 Å². The van der Waals surface area contributed by atoms with Gasteiger partial charge in [-0.1, -0.05) is 22.8 Å². The van der Waals surface area contributed by atoms with Crippen molar-refractivity contribution in [2.45, 2.75) is 6.92 Å². The Hall–Kier alpha value is -2.49. The minimum atomic E-state index is -0.575. The van der Waals surface area contributed by atoms with Gasteiger partial charge in [0.05, 0.1) is 23.7 Å². The van der Waals surface area contributed by atoms with Crippen LogP contribution in [0.4, 0.5) is 4.39 Å². The Balaban J connectivity index is 1.67. The van der Waals surface area contributed by atoms with Gasteiger partial charge in [0.25, 0.3) is 5.91 Å². The second-order valence-electron chi connectivity index (χ2n) is 6.97. The number of nitrogens with zero attached hydrogens (tertiary/aromatic N) is 3. The molecule has 0 saturated carbocycles. The Bertz CT molecular complexity index is 892. The molecule has 1 fully saturated rings. The number of methoxy groups -OCH3 is 1. The first-order valence-electron chi connectivity index (χ1n) is 9.60. The molecule has 2 amide bonds. The second kappa shape index (κ2) is 10.0. The number of carbonyl (C=O) groups is 2. The summed E-state index contributed by atoms with van der Waals surface area (Å²) in [5.74, 6) is -0.658. The summed E-state index contributed by atoms with van der Waals surface area (Å²) >= 11 is 6.15. The zero-order valence-electron chi connectivity index (χ0n) is 16.9. The molecule has 0 unspecified atom stereocenters. The Labute approximate surface area is 178 Å². The molecule has 1 aromatic carbocycles. The molecule has 1 aliphatic rings. The number of hydrogen-bond acceptors (Lipinski definition) is 6. The van der Waals surface area contributed by atoms with Crippen molar-refractivity contribution in [3.8, 4) is 11.3 Å². The van der Waals surface area contributed by atoms with Crippen molar-refractivity contribution >= 4 is 23.4 Å². The molecule has 2 aromatic rings. The summed E-state index contributed by atoms with van der Waals surface area (Å²) in [6, 6.07) is 4.28. The zero-order chi connectivity index (χ0) is 21.7.